The maximum atomic E-state index is 11.9. The smallest absolute Gasteiger partial charge is 0.407 e. The molecule has 0 aliphatic carbocycles. The number of nitrogens with one attached hydrogen (secondary N) is 2. The molecular formula is C17H32N4O2. The maximum Gasteiger partial charge on any atom is 0.407 e. The number of carbonyl (C=O) groups excluding carboxylic acids is 1. The molecule has 1 aromatic heterocycles. The second-order valence-corrected chi connectivity index (χ2v) is 7.16. The SMILES string of the molecule is CCCn1ccnc1CNCC(NC(=O)OC(C)(C)C)C(C)C. The standard InChI is InChI=1S/C17H32N4O2/c1-7-9-21-10-8-19-15(21)12-18-11-14(13(2)3)20-16(22)23-17(4,5)6/h8,10,13-14,18H,7,9,11-12H2,1-6H3,(H,20,22). The van der Waals surface area contributed by atoms with Crippen LogP contribution in [0.3, 0.4) is 0 Å². The molecule has 132 valence electrons. The fourth-order valence-electron chi connectivity index (χ4n) is 2.20. The third-order valence-electron chi connectivity index (χ3n) is 3.42. The Morgan fingerprint density at radius 1 is 1.39 bits per heavy atom. The first-order valence-corrected chi connectivity index (χ1v) is 8.43. The summed E-state index contributed by atoms with van der Waals surface area (Å²) in [7, 11) is 0. The van der Waals surface area contributed by atoms with Gasteiger partial charge >= 0.3 is 6.09 Å². The van der Waals surface area contributed by atoms with Gasteiger partial charge in [0.1, 0.15) is 11.4 Å². The molecule has 0 bridgehead atoms. The minimum Gasteiger partial charge on any atom is -0.444 e. The molecule has 1 rings (SSSR count). The number of imidazole rings is 1. The van der Waals surface area contributed by atoms with Gasteiger partial charge in [-0.1, -0.05) is 20.8 Å². The van der Waals surface area contributed by atoms with E-state index in [0.29, 0.717) is 19.0 Å². The molecular weight excluding hydrogens is 292 g/mol. The highest BCUT2D eigenvalue weighted by atomic mass is 16.6. The van der Waals surface area contributed by atoms with Crippen LogP contribution in [0.2, 0.25) is 0 Å². The molecule has 1 atom stereocenters. The third kappa shape index (κ3) is 7.50. The van der Waals surface area contributed by atoms with Crippen molar-refractivity contribution in [2.45, 2.75) is 72.7 Å². The molecule has 0 spiro atoms. The third-order valence-corrected chi connectivity index (χ3v) is 3.42. The summed E-state index contributed by atoms with van der Waals surface area (Å²) in [6, 6.07) is 0.0134. The van der Waals surface area contributed by atoms with Crippen LogP contribution >= 0.6 is 0 Å². The van der Waals surface area contributed by atoms with Gasteiger partial charge < -0.3 is 19.9 Å². The fraction of sp³-hybridized carbons (Fsp3) is 0.765. The van der Waals surface area contributed by atoms with E-state index in [1.54, 1.807) is 0 Å². The van der Waals surface area contributed by atoms with Crippen molar-refractivity contribution in [1.82, 2.24) is 20.2 Å². The van der Waals surface area contributed by atoms with Gasteiger partial charge in [0.2, 0.25) is 0 Å². The van der Waals surface area contributed by atoms with Crippen LogP contribution in [-0.2, 0) is 17.8 Å². The first-order chi connectivity index (χ1) is 10.7. The number of nitrogens with zero attached hydrogens (tertiary/aromatic N) is 2. The number of ether oxygens (including phenoxy) is 1. The maximum absolute atomic E-state index is 11.9. The average molecular weight is 324 g/mol. The van der Waals surface area contributed by atoms with Gasteiger partial charge in [0.05, 0.1) is 6.54 Å². The number of carbonyl (C=O) groups is 1. The molecule has 0 saturated carbocycles. The molecule has 6 nitrogen and oxygen atoms in total. The minimum absolute atomic E-state index is 0.0134. The van der Waals surface area contributed by atoms with E-state index >= 15 is 0 Å². The minimum atomic E-state index is -0.482. The van der Waals surface area contributed by atoms with E-state index < -0.39 is 5.60 Å². The second kappa shape index (κ2) is 8.91. The van der Waals surface area contributed by atoms with E-state index in [-0.39, 0.29) is 12.1 Å². The van der Waals surface area contributed by atoms with Gasteiger partial charge in [0, 0.05) is 31.5 Å². The van der Waals surface area contributed by atoms with Crippen LogP contribution < -0.4 is 10.6 Å². The van der Waals surface area contributed by atoms with Crippen LogP contribution in [-0.4, -0.2) is 33.8 Å². The molecule has 0 radical (unpaired) electrons. The lowest BCUT2D eigenvalue weighted by Crippen LogP contribution is -2.47. The number of rotatable bonds is 8. The molecule has 2 N–H and O–H groups in total. The summed E-state index contributed by atoms with van der Waals surface area (Å²) in [6.45, 7) is 14.2. The molecule has 0 aliphatic heterocycles. The molecule has 6 heteroatoms. The molecule has 1 aromatic rings. The molecule has 0 saturated heterocycles. The van der Waals surface area contributed by atoms with Crippen LogP contribution in [0.25, 0.3) is 0 Å². The Bertz CT molecular complexity index is 477. The number of alkyl carbamates (subject to hydrolysis) is 1. The van der Waals surface area contributed by atoms with E-state index in [2.05, 4.69) is 41.0 Å². The highest BCUT2D eigenvalue weighted by molar-refractivity contribution is 5.68. The van der Waals surface area contributed by atoms with Crippen molar-refractivity contribution in [2.75, 3.05) is 6.54 Å². The Hall–Kier alpha value is -1.56. The lowest BCUT2D eigenvalue weighted by atomic mass is 10.0. The Kier molecular flexibility index (Phi) is 7.55. The van der Waals surface area contributed by atoms with E-state index in [1.807, 2.05) is 33.2 Å². The van der Waals surface area contributed by atoms with Gasteiger partial charge in [-0.05, 0) is 33.1 Å². The summed E-state index contributed by atoms with van der Waals surface area (Å²) in [5.41, 5.74) is -0.482. The van der Waals surface area contributed by atoms with E-state index in [0.717, 1.165) is 18.8 Å². The normalized spacial score (nSPS) is 13.2. The highest BCUT2D eigenvalue weighted by Crippen LogP contribution is 2.08. The largest absolute Gasteiger partial charge is 0.444 e. The fourth-order valence-corrected chi connectivity index (χ4v) is 2.20. The Morgan fingerprint density at radius 2 is 2.09 bits per heavy atom. The number of hydrogen-bond donors (Lipinski definition) is 2. The molecule has 0 aliphatic rings. The summed E-state index contributed by atoms with van der Waals surface area (Å²) in [4.78, 5) is 16.3. The molecule has 1 unspecified atom stereocenters. The molecule has 0 aromatic carbocycles. The zero-order chi connectivity index (χ0) is 17.5. The van der Waals surface area contributed by atoms with Crippen molar-refractivity contribution in [3.63, 3.8) is 0 Å². The van der Waals surface area contributed by atoms with Crippen molar-refractivity contribution >= 4 is 6.09 Å². The predicted molar refractivity (Wildman–Crippen MR) is 92.2 cm³/mol. The van der Waals surface area contributed by atoms with E-state index in [1.165, 1.54) is 0 Å². The first kappa shape index (κ1) is 19.5. The monoisotopic (exact) mass is 324 g/mol. The van der Waals surface area contributed by atoms with Crippen molar-refractivity contribution < 1.29 is 9.53 Å². The number of aromatic nitrogens is 2. The van der Waals surface area contributed by atoms with E-state index in [4.69, 9.17) is 4.74 Å². The summed E-state index contributed by atoms with van der Waals surface area (Å²) < 4.78 is 7.48. The zero-order valence-corrected chi connectivity index (χ0v) is 15.3. The number of hydrogen-bond acceptors (Lipinski definition) is 4. The zero-order valence-electron chi connectivity index (χ0n) is 15.3. The van der Waals surface area contributed by atoms with Crippen molar-refractivity contribution in [1.29, 1.82) is 0 Å². The van der Waals surface area contributed by atoms with Gasteiger partial charge in [-0.25, -0.2) is 9.78 Å². The van der Waals surface area contributed by atoms with Crippen molar-refractivity contribution in [3.05, 3.63) is 18.2 Å². The van der Waals surface area contributed by atoms with Gasteiger partial charge in [0.15, 0.2) is 0 Å². The van der Waals surface area contributed by atoms with Gasteiger partial charge in [-0.2, -0.15) is 0 Å². The van der Waals surface area contributed by atoms with E-state index in [9.17, 15) is 4.79 Å². The molecule has 1 heterocycles. The summed E-state index contributed by atoms with van der Waals surface area (Å²) in [6.07, 6.45) is 4.54. The van der Waals surface area contributed by atoms with Crippen molar-refractivity contribution in [2.24, 2.45) is 5.92 Å². The van der Waals surface area contributed by atoms with Gasteiger partial charge in [0.25, 0.3) is 0 Å². The van der Waals surface area contributed by atoms with Crippen LogP contribution in [0.5, 0.6) is 0 Å². The number of aryl methyl sites for hydroxylation is 1. The Balaban J connectivity index is 2.47. The highest BCUT2D eigenvalue weighted by Gasteiger charge is 2.21. The molecule has 0 fully saturated rings. The quantitative estimate of drug-likeness (QED) is 0.771. The molecule has 1 amide bonds. The topological polar surface area (TPSA) is 68.2 Å². The summed E-state index contributed by atoms with van der Waals surface area (Å²) in [5.74, 6) is 1.33. The average Bonchev–Trinajstić information content (AvgIpc) is 2.83. The summed E-state index contributed by atoms with van der Waals surface area (Å²) in [5, 5.41) is 6.32. The molecule has 23 heavy (non-hydrogen) atoms. The Morgan fingerprint density at radius 3 is 2.65 bits per heavy atom. The van der Waals surface area contributed by atoms with Gasteiger partial charge in [-0.3, -0.25) is 0 Å². The van der Waals surface area contributed by atoms with Crippen LogP contribution in [0.15, 0.2) is 12.4 Å². The number of amides is 1. The van der Waals surface area contributed by atoms with Crippen LogP contribution in [0.1, 0.15) is 53.8 Å². The lowest BCUT2D eigenvalue weighted by molar-refractivity contribution is 0.0490. The van der Waals surface area contributed by atoms with Gasteiger partial charge in [-0.15, -0.1) is 0 Å². The predicted octanol–water partition coefficient (Wildman–Crippen LogP) is 2.93. The summed E-state index contributed by atoms with van der Waals surface area (Å²) >= 11 is 0. The Labute approximate surface area is 140 Å². The van der Waals surface area contributed by atoms with Crippen LogP contribution in [0.4, 0.5) is 4.79 Å². The van der Waals surface area contributed by atoms with Crippen molar-refractivity contribution in [3.8, 4) is 0 Å². The first-order valence-electron chi connectivity index (χ1n) is 8.43. The van der Waals surface area contributed by atoms with Crippen LogP contribution in [0, 0.1) is 5.92 Å². The lowest BCUT2D eigenvalue weighted by Gasteiger charge is -2.26. The second-order valence-electron chi connectivity index (χ2n) is 7.16.